The van der Waals surface area contributed by atoms with Gasteiger partial charge < -0.3 is 4.42 Å². The molecule has 2 heterocycles. The first-order chi connectivity index (χ1) is 11.5. The molecule has 0 aromatic carbocycles. The summed E-state index contributed by atoms with van der Waals surface area (Å²) in [5, 5.41) is 4.15. The van der Waals surface area contributed by atoms with Crippen molar-refractivity contribution in [2.75, 3.05) is 0 Å². The zero-order valence-corrected chi connectivity index (χ0v) is 14.5. The molecular weight excluding hydrogens is 328 g/mol. The molecule has 1 N–H and O–H groups in total. The predicted molar refractivity (Wildman–Crippen MR) is 87.0 cm³/mol. The average Bonchev–Trinajstić information content (AvgIpc) is 3.11. The first kappa shape index (κ1) is 15.8. The van der Waals surface area contributed by atoms with Gasteiger partial charge in [0, 0.05) is 36.8 Å². The molecule has 0 radical (unpaired) electrons. The number of sulfonamides is 1. The summed E-state index contributed by atoms with van der Waals surface area (Å²) in [7, 11) is -1.79. The molecule has 0 spiro atoms. The van der Waals surface area contributed by atoms with E-state index in [2.05, 4.69) is 14.8 Å². The van der Waals surface area contributed by atoms with Crippen LogP contribution >= 0.6 is 0 Å². The number of rotatable bonds is 5. The Morgan fingerprint density at radius 2 is 2.04 bits per heavy atom. The van der Waals surface area contributed by atoms with Crippen LogP contribution in [-0.4, -0.2) is 29.2 Å². The minimum Gasteiger partial charge on any atom is -0.428 e. The quantitative estimate of drug-likeness (QED) is 0.893. The van der Waals surface area contributed by atoms with Crippen LogP contribution in [0.5, 0.6) is 0 Å². The third kappa shape index (κ3) is 3.00. The predicted octanol–water partition coefficient (Wildman–Crippen LogP) is 2.29. The topological polar surface area (TPSA) is 90.0 Å². The van der Waals surface area contributed by atoms with Crippen LogP contribution < -0.4 is 4.72 Å². The Morgan fingerprint density at radius 1 is 1.25 bits per heavy atom. The molecule has 8 heteroatoms. The van der Waals surface area contributed by atoms with Gasteiger partial charge in [-0.05, 0) is 31.7 Å². The third-order valence-corrected chi connectivity index (χ3v) is 6.34. The fourth-order valence-electron chi connectivity index (χ4n) is 3.55. The second-order valence-corrected chi connectivity index (χ2v) is 8.44. The highest BCUT2D eigenvalue weighted by atomic mass is 32.2. The minimum atomic E-state index is -3.69. The highest BCUT2D eigenvalue weighted by molar-refractivity contribution is 7.89. The Bertz CT molecular complexity index is 822. The molecule has 7 nitrogen and oxygen atoms in total. The van der Waals surface area contributed by atoms with Gasteiger partial charge in [0.15, 0.2) is 5.89 Å². The van der Waals surface area contributed by atoms with Crippen molar-refractivity contribution < 1.29 is 12.8 Å². The lowest BCUT2D eigenvalue weighted by molar-refractivity contribution is 0.342. The number of nitrogens with one attached hydrogen (secondary N) is 1. The SMILES string of the molecule is Cn1nccc1[C@@H]1CCCC[C@@H]1NS(=O)(=O)c1cnc(C2CC2)o1. The van der Waals surface area contributed by atoms with Crippen molar-refractivity contribution in [2.24, 2.45) is 7.05 Å². The molecule has 2 fully saturated rings. The summed E-state index contributed by atoms with van der Waals surface area (Å²) in [5.41, 5.74) is 1.07. The Kier molecular flexibility index (Phi) is 3.96. The second-order valence-electron chi connectivity index (χ2n) is 6.79. The van der Waals surface area contributed by atoms with Crippen molar-refractivity contribution in [1.82, 2.24) is 19.5 Å². The van der Waals surface area contributed by atoms with E-state index in [-0.39, 0.29) is 17.1 Å². The zero-order valence-electron chi connectivity index (χ0n) is 13.7. The van der Waals surface area contributed by atoms with Gasteiger partial charge in [-0.2, -0.15) is 5.10 Å². The van der Waals surface area contributed by atoms with Crippen LogP contribution in [0.25, 0.3) is 0 Å². The highest BCUT2D eigenvalue weighted by Crippen LogP contribution is 2.40. The summed E-state index contributed by atoms with van der Waals surface area (Å²) in [6, 6.07) is 1.82. The van der Waals surface area contributed by atoms with Crippen molar-refractivity contribution in [3.8, 4) is 0 Å². The van der Waals surface area contributed by atoms with Gasteiger partial charge in [-0.3, -0.25) is 4.68 Å². The van der Waals surface area contributed by atoms with E-state index in [0.29, 0.717) is 11.8 Å². The van der Waals surface area contributed by atoms with Gasteiger partial charge in [0.25, 0.3) is 15.1 Å². The van der Waals surface area contributed by atoms with E-state index >= 15 is 0 Å². The Hall–Kier alpha value is -1.67. The molecule has 0 saturated heterocycles. The normalized spacial score (nSPS) is 25.0. The molecule has 2 aliphatic rings. The summed E-state index contributed by atoms with van der Waals surface area (Å²) in [6.07, 6.45) is 9.03. The molecule has 24 heavy (non-hydrogen) atoms. The first-order valence-corrected chi connectivity index (χ1v) is 9.99. The van der Waals surface area contributed by atoms with Gasteiger partial charge in [-0.25, -0.2) is 18.1 Å². The maximum absolute atomic E-state index is 12.7. The Balaban J connectivity index is 1.55. The Labute approximate surface area is 141 Å². The molecule has 0 unspecified atom stereocenters. The van der Waals surface area contributed by atoms with E-state index in [0.717, 1.165) is 44.2 Å². The lowest BCUT2D eigenvalue weighted by Gasteiger charge is -2.31. The van der Waals surface area contributed by atoms with Gasteiger partial charge in [-0.15, -0.1) is 0 Å². The van der Waals surface area contributed by atoms with Gasteiger partial charge in [0.05, 0.1) is 6.20 Å². The van der Waals surface area contributed by atoms with Gasteiger partial charge in [0.2, 0.25) is 0 Å². The van der Waals surface area contributed by atoms with Crippen molar-refractivity contribution in [3.05, 3.63) is 30.0 Å². The number of oxazole rings is 1. The average molecular weight is 350 g/mol. The lowest BCUT2D eigenvalue weighted by atomic mass is 9.83. The van der Waals surface area contributed by atoms with Crippen molar-refractivity contribution >= 4 is 10.0 Å². The summed E-state index contributed by atoms with van der Waals surface area (Å²) in [4.78, 5) is 4.12. The maximum Gasteiger partial charge on any atom is 0.275 e. The monoisotopic (exact) mass is 350 g/mol. The second kappa shape index (κ2) is 6.00. The van der Waals surface area contributed by atoms with E-state index in [4.69, 9.17) is 4.42 Å². The fraction of sp³-hybridized carbons (Fsp3) is 0.625. The van der Waals surface area contributed by atoms with Crippen LogP contribution in [0.3, 0.4) is 0 Å². The standard InChI is InChI=1S/C16H22N4O3S/c1-20-14(8-9-18-20)12-4-2-3-5-13(12)19-24(21,22)15-10-17-16(23-15)11-6-7-11/h8-13,19H,2-7H2,1H3/t12-,13+/m1/s1. The number of aryl methyl sites for hydroxylation is 1. The molecule has 2 aliphatic carbocycles. The van der Waals surface area contributed by atoms with Crippen molar-refractivity contribution in [3.63, 3.8) is 0 Å². The molecule has 2 aromatic rings. The van der Waals surface area contributed by atoms with Crippen LogP contribution in [0.15, 0.2) is 28.0 Å². The van der Waals surface area contributed by atoms with E-state index in [9.17, 15) is 8.42 Å². The van der Waals surface area contributed by atoms with E-state index in [1.54, 1.807) is 6.20 Å². The first-order valence-electron chi connectivity index (χ1n) is 8.50. The molecule has 4 rings (SSSR count). The van der Waals surface area contributed by atoms with Crippen molar-refractivity contribution in [1.29, 1.82) is 0 Å². The summed E-state index contributed by atoms with van der Waals surface area (Å²) >= 11 is 0. The molecule has 0 bridgehead atoms. The largest absolute Gasteiger partial charge is 0.428 e. The molecule has 130 valence electrons. The molecule has 2 atom stereocenters. The van der Waals surface area contributed by atoms with Crippen LogP contribution in [0.1, 0.15) is 61.9 Å². The molecular formula is C16H22N4O3S. The van der Waals surface area contributed by atoms with Gasteiger partial charge in [-0.1, -0.05) is 12.8 Å². The van der Waals surface area contributed by atoms with Crippen LogP contribution in [0.4, 0.5) is 0 Å². The van der Waals surface area contributed by atoms with Gasteiger partial charge >= 0.3 is 0 Å². The highest BCUT2D eigenvalue weighted by Gasteiger charge is 2.35. The van der Waals surface area contributed by atoms with Crippen LogP contribution in [-0.2, 0) is 17.1 Å². The number of aromatic nitrogens is 3. The molecule has 0 amide bonds. The van der Waals surface area contributed by atoms with Crippen LogP contribution in [0, 0.1) is 0 Å². The van der Waals surface area contributed by atoms with Gasteiger partial charge in [0.1, 0.15) is 0 Å². The molecule has 0 aliphatic heterocycles. The fourth-order valence-corrected chi connectivity index (χ4v) is 4.73. The number of nitrogens with zero attached hydrogens (tertiary/aromatic N) is 3. The van der Waals surface area contributed by atoms with Crippen LogP contribution in [0.2, 0.25) is 0 Å². The zero-order chi connectivity index (χ0) is 16.7. The van der Waals surface area contributed by atoms with Crippen molar-refractivity contribution in [2.45, 2.75) is 61.5 Å². The number of hydrogen-bond acceptors (Lipinski definition) is 5. The third-order valence-electron chi connectivity index (χ3n) is 5.01. The van der Waals surface area contributed by atoms with E-state index in [1.807, 2.05) is 17.8 Å². The minimum absolute atomic E-state index is 0.0706. The smallest absolute Gasteiger partial charge is 0.275 e. The summed E-state index contributed by atoms with van der Waals surface area (Å²) in [6.45, 7) is 0. The van der Waals surface area contributed by atoms with E-state index in [1.165, 1.54) is 6.20 Å². The summed E-state index contributed by atoms with van der Waals surface area (Å²) in [5.74, 6) is 0.972. The van der Waals surface area contributed by atoms with E-state index < -0.39 is 10.0 Å². The molecule has 2 saturated carbocycles. The lowest BCUT2D eigenvalue weighted by Crippen LogP contribution is -2.41. The summed E-state index contributed by atoms with van der Waals surface area (Å²) < 4.78 is 35.5. The Morgan fingerprint density at radius 3 is 2.75 bits per heavy atom. The molecule has 2 aromatic heterocycles. The number of hydrogen-bond donors (Lipinski definition) is 1. The maximum atomic E-state index is 12.7.